The summed E-state index contributed by atoms with van der Waals surface area (Å²) in [5.41, 5.74) is 7.88. The van der Waals surface area contributed by atoms with Crippen LogP contribution >= 0.6 is 0 Å². The molecule has 29 heavy (non-hydrogen) atoms. The van der Waals surface area contributed by atoms with Crippen LogP contribution in [0.4, 0.5) is 4.39 Å². The lowest BCUT2D eigenvalue weighted by molar-refractivity contribution is -0.134. The molecule has 3 rings (SSSR count). The molecule has 0 unspecified atom stereocenters. The van der Waals surface area contributed by atoms with Gasteiger partial charge in [0.05, 0.1) is 5.92 Å². The van der Waals surface area contributed by atoms with Crippen molar-refractivity contribution in [3.8, 4) is 11.1 Å². The molecule has 1 saturated heterocycles. The van der Waals surface area contributed by atoms with E-state index in [0.29, 0.717) is 51.1 Å². The zero-order valence-corrected chi connectivity index (χ0v) is 16.8. The van der Waals surface area contributed by atoms with Gasteiger partial charge in [0.1, 0.15) is 5.82 Å². The van der Waals surface area contributed by atoms with Crippen molar-refractivity contribution in [2.45, 2.75) is 19.8 Å². The Morgan fingerprint density at radius 3 is 2.52 bits per heavy atom. The van der Waals surface area contributed by atoms with Crippen LogP contribution in [-0.2, 0) is 16.0 Å². The number of carbonyl (C=O) groups excluding carboxylic acids is 2. The normalized spacial score (nSPS) is 17.3. The molecule has 154 valence electrons. The van der Waals surface area contributed by atoms with E-state index < -0.39 is 0 Å². The van der Waals surface area contributed by atoms with Gasteiger partial charge >= 0.3 is 0 Å². The molecular weight excluding hydrogens is 369 g/mol. The van der Waals surface area contributed by atoms with Crippen LogP contribution in [0.25, 0.3) is 11.1 Å². The highest BCUT2D eigenvalue weighted by Gasteiger charge is 2.31. The van der Waals surface area contributed by atoms with Gasteiger partial charge in [-0.25, -0.2) is 4.39 Å². The van der Waals surface area contributed by atoms with E-state index in [4.69, 9.17) is 5.73 Å². The molecule has 2 amide bonds. The number of amides is 2. The summed E-state index contributed by atoms with van der Waals surface area (Å²) in [5.74, 6) is -0.475. The summed E-state index contributed by atoms with van der Waals surface area (Å²) in [4.78, 5) is 28.9. The van der Waals surface area contributed by atoms with Crippen molar-refractivity contribution in [2.24, 2.45) is 11.7 Å². The molecule has 5 nitrogen and oxygen atoms in total. The molecule has 2 N–H and O–H groups in total. The maximum atomic E-state index is 14.0. The van der Waals surface area contributed by atoms with Crippen molar-refractivity contribution in [2.75, 3.05) is 32.7 Å². The largest absolute Gasteiger partial charge is 0.341 e. The quantitative estimate of drug-likeness (QED) is 0.815. The second kappa shape index (κ2) is 9.65. The number of benzene rings is 2. The van der Waals surface area contributed by atoms with Crippen molar-refractivity contribution in [3.05, 3.63) is 59.9 Å². The van der Waals surface area contributed by atoms with E-state index in [1.165, 1.54) is 6.07 Å². The van der Waals surface area contributed by atoms with Gasteiger partial charge in [0, 0.05) is 44.7 Å². The maximum Gasteiger partial charge on any atom is 0.227 e. The van der Waals surface area contributed by atoms with Gasteiger partial charge in [-0.15, -0.1) is 0 Å². The minimum absolute atomic E-state index is 0.00171. The molecule has 1 aliphatic rings. The third kappa shape index (κ3) is 5.01. The van der Waals surface area contributed by atoms with Gasteiger partial charge in [0.25, 0.3) is 0 Å². The zero-order chi connectivity index (χ0) is 20.8. The Balaban J connectivity index is 1.77. The summed E-state index contributed by atoms with van der Waals surface area (Å²) < 4.78 is 14.0. The van der Waals surface area contributed by atoms with E-state index in [2.05, 4.69) is 0 Å². The number of carbonyl (C=O) groups is 2. The van der Waals surface area contributed by atoms with E-state index in [1.54, 1.807) is 17.0 Å². The maximum absolute atomic E-state index is 14.0. The van der Waals surface area contributed by atoms with Crippen LogP contribution in [0.5, 0.6) is 0 Å². The van der Waals surface area contributed by atoms with Crippen LogP contribution in [0.15, 0.2) is 48.5 Å². The summed E-state index contributed by atoms with van der Waals surface area (Å²) in [6.07, 6.45) is 0.837. The molecule has 2 aromatic carbocycles. The van der Waals surface area contributed by atoms with Gasteiger partial charge < -0.3 is 15.5 Å². The predicted octanol–water partition coefficient (Wildman–Crippen LogP) is 2.69. The van der Waals surface area contributed by atoms with Crippen molar-refractivity contribution >= 4 is 11.8 Å². The van der Waals surface area contributed by atoms with Crippen molar-refractivity contribution in [1.29, 1.82) is 0 Å². The smallest absolute Gasteiger partial charge is 0.227 e. The van der Waals surface area contributed by atoms with E-state index in [1.807, 2.05) is 42.2 Å². The second-order valence-electron chi connectivity index (χ2n) is 7.37. The molecule has 1 atom stereocenters. The SMILES string of the molecule is CCN1CCN(C(=O)CCN)C[C@H](Cc2ccc(-c3ccccc3F)cc2)C1=O. The standard InChI is InChI=1S/C23H28FN3O2/c1-2-26-13-14-27(22(28)11-12-25)16-19(23(26)29)15-17-7-9-18(10-8-17)20-5-3-4-6-21(20)24/h3-10,19H,2,11-16,25H2,1H3/t19-/m0/s1. The third-order valence-corrected chi connectivity index (χ3v) is 5.46. The molecule has 2 aromatic rings. The third-order valence-electron chi connectivity index (χ3n) is 5.46. The van der Waals surface area contributed by atoms with Gasteiger partial charge in [-0.1, -0.05) is 42.5 Å². The van der Waals surface area contributed by atoms with E-state index in [-0.39, 0.29) is 23.5 Å². The first-order valence-electron chi connectivity index (χ1n) is 10.1. The van der Waals surface area contributed by atoms with Crippen LogP contribution in [0.3, 0.4) is 0 Å². The van der Waals surface area contributed by atoms with Crippen LogP contribution in [0.1, 0.15) is 18.9 Å². The number of likely N-dealkylation sites (N-methyl/N-ethyl adjacent to an activating group) is 1. The molecule has 1 aliphatic heterocycles. The highest BCUT2D eigenvalue weighted by Crippen LogP contribution is 2.24. The fourth-order valence-electron chi connectivity index (χ4n) is 3.82. The van der Waals surface area contributed by atoms with Gasteiger partial charge in [-0.05, 0) is 30.5 Å². The van der Waals surface area contributed by atoms with Crippen LogP contribution in [0.2, 0.25) is 0 Å². The lowest BCUT2D eigenvalue weighted by atomic mass is 9.95. The fraction of sp³-hybridized carbons (Fsp3) is 0.391. The Morgan fingerprint density at radius 2 is 1.86 bits per heavy atom. The Kier molecular flexibility index (Phi) is 6.99. The topological polar surface area (TPSA) is 66.6 Å². The monoisotopic (exact) mass is 397 g/mol. The molecule has 6 heteroatoms. The average Bonchev–Trinajstić information content (AvgIpc) is 2.88. The summed E-state index contributed by atoms with van der Waals surface area (Å²) in [6, 6.07) is 14.3. The van der Waals surface area contributed by atoms with Gasteiger partial charge in [0.2, 0.25) is 11.8 Å². The molecule has 1 heterocycles. The Labute approximate surface area is 171 Å². The van der Waals surface area contributed by atoms with Crippen LogP contribution in [-0.4, -0.2) is 54.3 Å². The lowest BCUT2D eigenvalue weighted by Crippen LogP contribution is -2.38. The van der Waals surface area contributed by atoms with Crippen molar-refractivity contribution < 1.29 is 14.0 Å². The highest BCUT2D eigenvalue weighted by molar-refractivity contribution is 5.82. The highest BCUT2D eigenvalue weighted by atomic mass is 19.1. The molecule has 0 spiro atoms. The second-order valence-corrected chi connectivity index (χ2v) is 7.37. The van der Waals surface area contributed by atoms with Gasteiger partial charge in [0.15, 0.2) is 0 Å². The molecule has 0 aliphatic carbocycles. The first-order chi connectivity index (χ1) is 14.0. The molecule has 0 aromatic heterocycles. The molecule has 1 fully saturated rings. The van der Waals surface area contributed by atoms with E-state index >= 15 is 0 Å². The number of halogens is 1. The van der Waals surface area contributed by atoms with E-state index in [9.17, 15) is 14.0 Å². The molecular formula is C23H28FN3O2. The lowest BCUT2D eigenvalue weighted by Gasteiger charge is -2.23. The summed E-state index contributed by atoms with van der Waals surface area (Å²) in [7, 11) is 0. The van der Waals surface area contributed by atoms with Crippen molar-refractivity contribution in [3.63, 3.8) is 0 Å². The summed E-state index contributed by atoms with van der Waals surface area (Å²) in [5, 5.41) is 0. The first kappa shape index (κ1) is 21.0. The minimum Gasteiger partial charge on any atom is -0.341 e. The molecule has 0 bridgehead atoms. The van der Waals surface area contributed by atoms with Gasteiger partial charge in [-0.2, -0.15) is 0 Å². The number of hydrogen-bond acceptors (Lipinski definition) is 3. The van der Waals surface area contributed by atoms with Crippen LogP contribution in [0, 0.1) is 11.7 Å². The average molecular weight is 397 g/mol. The number of hydrogen-bond donors (Lipinski definition) is 1. The summed E-state index contributed by atoms with van der Waals surface area (Å²) >= 11 is 0. The fourth-order valence-corrected chi connectivity index (χ4v) is 3.82. The Morgan fingerprint density at radius 1 is 1.14 bits per heavy atom. The summed E-state index contributed by atoms with van der Waals surface area (Å²) in [6.45, 7) is 4.39. The minimum atomic E-state index is -0.293. The number of nitrogens with zero attached hydrogens (tertiary/aromatic N) is 2. The zero-order valence-electron chi connectivity index (χ0n) is 16.8. The first-order valence-corrected chi connectivity index (χ1v) is 10.1. The molecule has 0 saturated carbocycles. The Hall–Kier alpha value is -2.73. The van der Waals surface area contributed by atoms with Gasteiger partial charge in [-0.3, -0.25) is 9.59 Å². The van der Waals surface area contributed by atoms with E-state index in [0.717, 1.165) is 11.1 Å². The number of nitrogens with two attached hydrogens (primary N) is 1. The van der Waals surface area contributed by atoms with Crippen molar-refractivity contribution in [1.82, 2.24) is 9.80 Å². The number of rotatable bonds is 6. The van der Waals surface area contributed by atoms with Crippen LogP contribution < -0.4 is 5.73 Å². The predicted molar refractivity (Wildman–Crippen MR) is 112 cm³/mol. The molecule has 0 radical (unpaired) electrons. The Bertz CT molecular complexity index is 853.